The highest BCUT2D eigenvalue weighted by molar-refractivity contribution is 6.01. The first-order chi connectivity index (χ1) is 17.6. The summed E-state index contributed by atoms with van der Waals surface area (Å²) in [5.41, 5.74) is 0.331. The van der Waals surface area contributed by atoms with Crippen molar-refractivity contribution in [2.75, 3.05) is 23.3 Å². The number of nitrogens with one attached hydrogen (secondary N) is 2. The van der Waals surface area contributed by atoms with Crippen LogP contribution in [-0.2, 0) is 17.5 Å². The maximum atomic E-state index is 13.2. The predicted octanol–water partition coefficient (Wildman–Crippen LogP) is 4.30. The van der Waals surface area contributed by atoms with Crippen LogP contribution in [0.15, 0.2) is 48.8 Å². The molecule has 8 nitrogen and oxygen atoms in total. The molecule has 0 bridgehead atoms. The van der Waals surface area contributed by atoms with Crippen LogP contribution in [0.3, 0.4) is 0 Å². The Hall–Kier alpha value is -4.09. The number of hydrogen-bond donors (Lipinski definition) is 2. The summed E-state index contributed by atoms with van der Waals surface area (Å²) in [6.45, 7) is 2.83. The molecule has 3 aromatic rings. The van der Waals surface area contributed by atoms with Crippen molar-refractivity contribution in [2.24, 2.45) is 0 Å². The first-order valence-electron chi connectivity index (χ1n) is 11.6. The summed E-state index contributed by atoms with van der Waals surface area (Å²) >= 11 is 0. The van der Waals surface area contributed by atoms with Crippen molar-refractivity contribution < 1.29 is 27.2 Å². The summed E-state index contributed by atoms with van der Waals surface area (Å²) in [6, 6.07) is 7.45. The van der Waals surface area contributed by atoms with E-state index in [2.05, 4.69) is 25.6 Å². The van der Waals surface area contributed by atoms with Crippen LogP contribution in [-0.4, -0.2) is 39.9 Å². The lowest BCUT2D eigenvalue weighted by molar-refractivity contribution is -0.141. The van der Waals surface area contributed by atoms with Crippen molar-refractivity contribution in [3.05, 3.63) is 77.3 Å². The minimum atomic E-state index is -4.56. The molecule has 0 aliphatic carbocycles. The van der Waals surface area contributed by atoms with E-state index in [0.717, 1.165) is 18.9 Å². The maximum absolute atomic E-state index is 13.2. The standard InChI is InChI=1S/C25H24F4N6O2/c1-15(17-13-30-21(31-14-17)24(37)33-19-7-5-18(26)6-8-19)23(36)32-12-16-4-9-20(25(27,28)29)34-22(16)35-10-2-3-11-35/h4-9,13-15H,2-3,10-12H2,1H3,(H,32,36)(H,33,37). The lowest BCUT2D eigenvalue weighted by Gasteiger charge is -2.22. The predicted molar refractivity (Wildman–Crippen MR) is 127 cm³/mol. The fourth-order valence-corrected chi connectivity index (χ4v) is 3.86. The number of amides is 2. The zero-order valence-electron chi connectivity index (χ0n) is 19.8. The largest absolute Gasteiger partial charge is 0.433 e. The fraction of sp³-hybridized carbons (Fsp3) is 0.320. The monoisotopic (exact) mass is 516 g/mol. The van der Waals surface area contributed by atoms with Crippen molar-refractivity contribution in [1.29, 1.82) is 0 Å². The summed E-state index contributed by atoms with van der Waals surface area (Å²) in [4.78, 5) is 38.7. The number of carbonyl (C=O) groups excluding carboxylic acids is 2. The maximum Gasteiger partial charge on any atom is 0.433 e. The molecule has 0 radical (unpaired) electrons. The molecule has 1 atom stereocenters. The molecule has 1 aromatic carbocycles. The van der Waals surface area contributed by atoms with E-state index in [9.17, 15) is 27.2 Å². The second kappa shape index (κ2) is 10.9. The third-order valence-corrected chi connectivity index (χ3v) is 5.98. The molecule has 2 aromatic heterocycles. The van der Waals surface area contributed by atoms with Crippen molar-refractivity contribution in [3.63, 3.8) is 0 Å². The summed E-state index contributed by atoms with van der Waals surface area (Å²) < 4.78 is 52.6. The number of halogens is 4. The summed E-state index contributed by atoms with van der Waals surface area (Å²) in [7, 11) is 0. The topological polar surface area (TPSA) is 100 Å². The van der Waals surface area contributed by atoms with Crippen molar-refractivity contribution >= 4 is 23.3 Å². The number of pyridine rings is 1. The normalized spacial score (nSPS) is 14.4. The van der Waals surface area contributed by atoms with Gasteiger partial charge >= 0.3 is 6.18 Å². The Bertz CT molecular complexity index is 1260. The molecule has 2 amide bonds. The molecule has 1 aliphatic heterocycles. The van der Waals surface area contributed by atoms with Crippen LogP contribution in [0, 0.1) is 5.82 Å². The Balaban J connectivity index is 1.40. The van der Waals surface area contributed by atoms with Gasteiger partial charge in [0.1, 0.15) is 17.3 Å². The molecule has 0 spiro atoms. The Morgan fingerprint density at radius 3 is 2.30 bits per heavy atom. The third-order valence-electron chi connectivity index (χ3n) is 5.98. The molecule has 194 valence electrons. The number of hydrogen-bond acceptors (Lipinski definition) is 6. The van der Waals surface area contributed by atoms with E-state index in [4.69, 9.17) is 0 Å². The van der Waals surface area contributed by atoms with Gasteiger partial charge in [0.25, 0.3) is 5.91 Å². The second-order valence-electron chi connectivity index (χ2n) is 8.61. The van der Waals surface area contributed by atoms with Crippen LogP contribution < -0.4 is 15.5 Å². The molecular weight excluding hydrogens is 492 g/mol. The SMILES string of the molecule is CC(C(=O)NCc1ccc(C(F)(F)F)nc1N1CCCC1)c1cnc(C(=O)Nc2ccc(F)cc2)nc1. The molecule has 0 saturated carbocycles. The van der Waals surface area contributed by atoms with E-state index in [1.54, 1.807) is 11.8 Å². The number of nitrogens with zero attached hydrogens (tertiary/aromatic N) is 4. The Morgan fingerprint density at radius 2 is 1.68 bits per heavy atom. The Kier molecular flexibility index (Phi) is 7.65. The van der Waals surface area contributed by atoms with E-state index in [1.165, 1.54) is 42.7 Å². The van der Waals surface area contributed by atoms with E-state index >= 15 is 0 Å². The lowest BCUT2D eigenvalue weighted by atomic mass is 10.0. The van der Waals surface area contributed by atoms with E-state index in [-0.39, 0.29) is 24.1 Å². The molecule has 1 unspecified atom stereocenters. The molecule has 37 heavy (non-hydrogen) atoms. The van der Waals surface area contributed by atoms with Crippen LogP contribution >= 0.6 is 0 Å². The zero-order chi connectivity index (χ0) is 26.6. The van der Waals surface area contributed by atoms with Crippen molar-refractivity contribution in [2.45, 2.75) is 38.4 Å². The van der Waals surface area contributed by atoms with Gasteiger partial charge in [0.2, 0.25) is 11.7 Å². The first-order valence-corrected chi connectivity index (χ1v) is 11.6. The number of anilines is 2. The van der Waals surface area contributed by atoms with Crippen LogP contribution in [0.1, 0.15) is 53.1 Å². The smallest absolute Gasteiger partial charge is 0.356 e. The highest BCUT2D eigenvalue weighted by Crippen LogP contribution is 2.31. The highest BCUT2D eigenvalue weighted by Gasteiger charge is 2.34. The van der Waals surface area contributed by atoms with Gasteiger partial charge in [-0.15, -0.1) is 0 Å². The van der Waals surface area contributed by atoms with Gasteiger partial charge in [-0.2, -0.15) is 13.2 Å². The van der Waals surface area contributed by atoms with Crippen LogP contribution in [0.2, 0.25) is 0 Å². The lowest BCUT2D eigenvalue weighted by Crippen LogP contribution is -2.30. The molecular formula is C25H24F4N6O2. The van der Waals surface area contributed by atoms with Crippen molar-refractivity contribution in [3.8, 4) is 0 Å². The molecule has 2 N–H and O–H groups in total. The summed E-state index contributed by atoms with van der Waals surface area (Å²) in [5.74, 6) is -2.02. The number of benzene rings is 1. The van der Waals surface area contributed by atoms with Crippen LogP contribution in [0.4, 0.5) is 29.1 Å². The van der Waals surface area contributed by atoms with Gasteiger partial charge in [0.05, 0.1) is 5.92 Å². The molecule has 3 heterocycles. The number of carbonyl (C=O) groups is 2. The van der Waals surface area contributed by atoms with Gasteiger partial charge in [-0.25, -0.2) is 19.3 Å². The quantitative estimate of drug-likeness (QED) is 0.455. The zero-order valence-corrected chi connectivity index (χ0v) is 19.8. The van der Waals surface area contributed by atoms with Gasteiger partial charge in [-0.05, 0) is 50.1 Å². The Labute approximate surface area is 210 Å². The summed E-state index contributed by atoms with van der Waals surface area (Å²) in [6.07, 6.45) is -0.136. The minimum Gasteiger partial charge on any atom is -0.356 e. The van der Waals surface area contributed by atoms with Gasteiger partial charge < -0.3 is 15.5 Å². The van der Waals surface area contributed by atoms with E-state index in [0.29, 0.717) is 29.9 Å². The van der Waals surface area contributed by atoms with E-state index in [1.807, 2.05) is 0 Å². The molecule has 1 fully saturated rings. The number of rotatable bonds is 7. The highest BCUT2D eigenvalue weighted by atomic mass is 19.4. The van der Waals surface area contributed by atoms with Crippen LogP contribution in [0.5, 0.6) is 0 Å². The van der Waals surface area contributed by atoms with Crippen molar-refractivity contribution in [1.82, 2.24) is 20.3 Å². The first kappa shape index (κ1) is 26.0. The van der Waals surface area contributed by atoms with E-state index < -0.39 is 29.5 Å². The molecule has 4 rings (SSSR count). The third kappa shape index (κ3) is 6.38. The Morgan fingerprint density at radius 1 is 1.03 bits per heavy atom. The molecule has 1 aliphatic rings. The number of aromatic nitrogens is 3. The molecule has 12 heteroatoms. The summed E-state index contributed by atoms with van der Waals surface area (Å²) in [5, 5.41) is 5.29. The van der Waals surface area contributed by atoms with Gasteiger partial charge in [-0.3, -0.25) is 9.59 Å². The van der Waals surface area contributed by atoms with Crippen LogP contribution in [0.25, 0.3) is 0 Å². The van der Waals surface area contributed by atoms with Gasteiger partial charge in [0, 0.05) is 48.8 Å². The number of alkyl halides is 3. The van der Waals surface area contributed by atoms with Gasteiger partial charge in [-0.1, -0.05) is 6.07 Å². The average Bonchev–Trinajstić information content (AvgIpc) is 3.42. The minimum absolute atomic E-state index is 0.000833. The fourth-order valence-electron chi connectivity index (χ4n) is 3.86. The average molecular weight is 516 g/mol. The molecule has 1 saturated heterocycles. The second-order valence-corrected chi connectivity index (χ2v) is 8.61. The van der Waals surface area contributed by atoms with Gasteiger partial charge in [0.15, 0.2) is 0 Å².